The summed E-state index contributed by atoms with van der Waals surface area (Å²) in [4.78, 5) is 24.3. The Morgan fingerprint density at radius 3 is 2.15 bits per heavy atom. The van der Waals surface area contributed by atoms with E-state index in [0.717, 1.165) is 37.0 Å². The molecule has 0 aliphatic heterocycles. The normalized spacial score (nSPS) is 16.5. The molecule has 0 spiro atoms. The molecule has 1 atom stereocenters. The fourth-order valence-corrected chi connectivity index (χ4v) is 3.78. The fourth-order valence-electron chi connectivity index (χ4n) is 3.78. The average molecular weight is 367 g/mol. The van der Waals surface area contributed by atoms with Gasteiger partial charge in [-0.3, -0.25) is 9.59 Å². The van der Waals surface area contributed by atoms with Gasteiger partial charge in [0.25, 0.3) is 0 Å². The summed E-state index contributed by atoms with van der Waals surface area (Å²) in [6, 6.07) is 14.8. The SMILES string of the molecule is COc1ccc(C2(C(=O)Nc3ccc(C(C)C(=O)O)cc3)CCCC2)cc1. The Morgan fingerprint density at radius 1 is 1.04 bits per heavy atom. The number of aliphatic carboxylic acids is 1. The van der Waals surface area contributed by atoms with Gasteiger partial charge in [-0.2, -0.15) is 0 Å². The van der Waals surface area contributed by atoms with E-state index < -0.39 is 17.3 Å². The van der Waals surface area contributed by atoms with Crippen LogP contribution in [-0.2, 0) is 15.0 Å². The Kier molecular flexibility index (Phi) is 5.49. The lowest BCUT2D eigenvalue weighted by Gasteiger charge is -2.28. The number of hydrogen-bond donors (Lipinski definition) is 2. The van der Waals surface area contributed by atoms with E-state index in [1.54, 1.807) is 38.3 Å². The molecule has 27 heavy (non-hydrogen) atoms. The van der Waals surface area contributed by atoms with Gasteiger partial charge in [0.2, 0.25) is 5.91 Å². The van der Waals surface area contributed by atoms with Gasteiger partial charge in [0, 0.05) is 5.69 Å². The standard InChI is InChI=1S/C22H25NO4/c1-15(20(24)25)16-5-9-18(10-6-16)23-21(26)22(13-3-4-14-22)17-7-11-19(27-2)12-8-17/h5-12,15H,3-4,13-14H2,1-2H3,(H,23,26)(H,24,25). The molecule has 1 saturated carbocycles. The molecule has 1 aliphatic carbocycles. The van der Waals surface area contributed by atoms with Crippen molar-refractivity contribution >= 4 is 17.6 Å². The molecule has 5 heteroatoms. The summed E-state index contributed by atoms with van der Waals surface area (Å²) >= 11 is 0. The Labute approximate surface area is 159 Å². The fraction of sp³-hybridized carbons (Fsp3) is 0.364. The average Bonchev–Trinajstić information content (AvgIpc) is 3.19. The topological polar surface area (TPSA) is 75.6 Å². The van der Waals surface area contributed by atoms with Crippen molar-refractivity contribution < 1.29 is 19.4 Å². The minimum atomic E-state index is -0.865. The van der Waals surface area contributed by atoms with Gasteiger partial charge in [-0.25, -0.2) is 0 Å². The largest absolute Gasteiger partial charge is 0.497 e. The van der Waals surface area contributed by atoms with E-state index in [9.17, 15) is 9.59 Å². The predicted octanol–water partition coefficient (Wildman–Crippen LogP) is 4.33. The molecular weight excluding hydrogens is 342 g/mol. The first-order valence-electron chi connectivity index (χ1n) is 9.25. The first-order chi connectivity index (χ1) is 13.0. The zero-order valence-electron chi connectivity index (χ0n) is 15.7. The zero-order chi connectivity index (χ0) is 19.4. The third kappa shape index (κ3) is 3.82. The van der Waals surface area contributed by atoms with Crippen LogP contribution in [0.4, 0.5) is 5.69 Å². The summed E-state index contributed by atoms with van der Waals surface area (Å²) < 4.78 is 5.23. The van der Waals surface area contributed by atoms with E-state index in [1.807, 2.05) is 24.3 Å². The van der Waals surface area contributed by atoms with Crippen molar-refractivity contribution in [2.24, 2.45) is 0 Å². The summed E-state index contributed by atoms with van der Waals surface area (Å²) in [6.45, 7) is 1.65. The van der Waals surface area contributed by atoms with Crippen molar-refractivity contribution in [2.75, 3.05) is 12.4 Å². The molecule has 2 N–H and O–H groups in total. The summed E-state index contributed by atoms with van der Waals surface area (Å²) in [6.07, 6.45) is 3.68. The van der Waals surface area contributed by atoms with E-state index in [1.165, 1.54) is 0 Å². The van der Waals surface area contributed by atoms with Crippen molar-refractivity contribution in [1.82, 2.24) is 0 Å². The molecule has 1 unspecified atom stereocenters. The number of hydrogen-bond acceptors (Lipinski definition) is 3. The number of carbonyl (C=O) groups excluding carboxylic acids is 1. The van der Waals surface area contributed by atoms with Crippen LogP contribution in [-0.4, -0.2) is 24.1 Å². The number of rotatable bonds is 6. The van der Waals surface area contributed by atoms with Crippen molar-refractivity contribution in [2.45, 2.75) is 43.9 Å². The second kappa shape index (κ2) is 7.82. The molecule has 0 heterocycles. The zero-order valence-corrected chi connectivity index (χ0v) is 15.7. The van der Waals surface area contributed by atoms with Crippen LogP contribution in [0.3, 0.4) is 0 Å². The molecule has 2 aromatic carbocycles. The lowest BCUT2D eigenvalue weighted by atomic mass is 9.78. The summed E-state index contributed by atoms with van der Waals surface area (Å²) in [5, 5.41) is 12.1. The first kappa shape index (κ1) is 19.0. The maximum atomic E-state index is 13.2. The van der Waals surface area contributed by atoms with Crippen LogP contribution in [0.15, 0.2) is 48.5 Å². The summed E-state index contributed by atoms with van der Waals surface area (Å²) in [5.41, 5.74) is 1.88. The maximum absolute atomic E-state index is 13.2. The second-order valence-corrected chi connectivity index (χ2v) is 7.15. The quantitative estimate of drug-likeness (QED) is 0.797. The number of nitrogens with one attached hydrogen (secondary N) is 1. The molecule has 1 fully saturated rings. The Balaban J connectivity index is 1.80. The van der Waals surface area contributed by atoms with Gasteiger partial charge < -0.3 is 15.2 Å². The summed E-state index contributed by atoms with van der Waals surface area (Å²) in [7, 11) is 1.63. The number of carboxylic acids is 1. The Bertz CT molecular complexity index is 805. The Hall–Kier alpha value is -2.82. The highest BCUT2D eigenvalue weighted by molar-refractivity contribution is 5.99. The van der Waals surface area contributed by atoms with Crippen LogP contribution >= 0.6 is 0 Å². The number of amides is 1. The molecular formula is C22H25NO4. The van der Waals surface area contributed by atoms with Crippen LogP contribution in [0.5, 0.6) is 5.75 Å². The smallest absolute Gasteiger partial charge is 0.310 e. The van der Waals surface area contributed by atoms with E-state index in [2.05, 4.69) is 5.32 Å². The monoisotopic (exact) mass is 367 g/mol. The Morgan fingerprint density at radius 2 is 1.63 bits per heavy atom. The van der Waals surface area contributed by atoms with E-state index in [0.29, 0.717) is 11.3 Å². The minimum Gasteiger partial charge on any atom is -0.497 e. The molecule has 5 nitrogen and oxygen atoms in total. The van der Waals surface area contributed by atoms with Crippen molar-refractivity contribution in [3.8, 4) is 5.75 Å². The van der Waals surface area contributed by atoms with Crippen LogP contribution < -0.4 is 10.1 Å². The van der Waals surface area contributed by atoms with Crippen molar-refractivity contribution in [1.29, 1.82) is 0 Å². The van der Waals surface area contributed by atoms with E-state index >= 15 is 0 Å². The number of benzene rings is 2. The van der Waals surface area contributed by atoms with Gasteiger partial charge in [0.15, 0.2) is 0 Å². The maximum Gasteiger partial charge on any atom is 0.310 e. The highest BCUT2D eigenvalue weighted by Gasteiger charge is 2.42. The molecule has 1 aliphatic rings. The van der Waals surface area contributed by atoms with Gasteiger partial charge in [-0.05, 0) is 55.2 Å². The molecule has 2 aromatic rings. The lowest BCUT2D eigenvalue weighted by Crippen LogP contribution is -2.37. The molecule has 142 valence electrons. The number of anilines is 1. The van der Waals surface area contributed by atoms with E-state index in [-0.39, 0.29) is 5.91 Å². The second-order valence-electron chi connectivity index (χ2n) is 7.15. The highest BCUT2D eigenvalue weighted by Crippen LogP contribution is 2.42. The predicted molar refractivity (Wildman–Crippen MR) is 104 cm³/mol. The van der Waals surface area contributed by atoms with Gasteiger partial charge in [0.1, 0.15) is 5.75 Å². The summed E-state index contributed by atoms with van der Waals surface area (Å²) in [5.74, 6) is -0.675. The number of methoxy groups -OCH3 is 1. The van der Waals surface area contributed by atoms with Crippen LogP contribution in [0.1, 0.15) is 49.7 Å². The van der Waals surface area contributed by atoms with Crippen molar-refractivity contribution in [3.05, 3.63) is 59.7 Å². The van der Waals surface area contributed by atoms with Crippen molar-refractivity contribution in [3.63, 3.8) is 0 Å². The number of carbonyl (C=O) groups is 2. The minimum absolute atomic E-state index is 0.0100. The van der Waals surface area contributed by atoms with Gasteiger partial charge in [0.05, 0.1) is 18.4 Å². The van der Waals surface area contributed by atoms with E-state index in [4.69, 9.17) is 9.84 Å². The molecule has 0 radical (unpaired) electrons. The lowest BCUT2D eigenvalue weighted by molar-refractivity contribution is -0.138. The molecule has 0 aromatic heterocycles. The number of ether oxygens (including phenoxy) is 1. The van der Waals surface area contributed by atoms with Crippen LogP contribution in [0, 0.1) is 0 Å². The highest BCUT2D eigenvalue weighted by atomic mass is 16.5. The van der Waals surface area contributed by atoms with Gasteiger partial charge in [-0.1, -0.05) is 37.1 Å². The van der Waals surface area contributed by atoms with Crippen LogP contribution in [0.2, 0.25) is 0 Å². The van der Waals surface area contributed by atoms with Gasteiger partial charge in [-0.15, -0.1) is 0 Å². The van der Waals surface area contributed by atoms with Crippen LogP contribution in [0.25, 0.3) is 0 Å². The first-order valence-corrected chi connectivity index (χ1v) is 9.25. The third-order valence-electron chi connectivity index (χ3n) is 5.57. The third-order valence-corrected chi connectivity index (χ3v) is 5.57. The molecule has 1 amide bonds. The van der Waals surface area contributed by atoms with Gasteiger partial charge >= 0.3 is 5.97 Å². The molecule has 0 saturated heterocycles. The number of carboxylic acid groups (broad SMARTS) is 1. The molecule has 3 rings (SSSR count). The molecule has 0 bridgehead atoms.